The molecule has 1 aliphatic heterocycles. The van der Waals surface area contributed by atoms with E-state index in [1.165, 1.54) is 18.2 Å². The number of halogens is 3. The van der Waals surface area contributed by atoms with Crippen LogP contribution in [0, 0.1) is 11.8 Å². The van der Waals surface area contributed by atoms with Crippen molar-refractivity contribution in [2.45, 2.75) is 39.3 Å². The molecule has 0 spiro atoms. The second kappa shape index (κ2) is 9.18. The SMILES string of the molecule is CC(CC(=O)NCc1cc(Cl)ccc1OC(F)F)C1CCCNC1. The van der Waals surface area contributed by atoms with Gasteiger partial charge in [-0.3, -0.25) is 4.79 Å². The number of carbonyl (C=O) groups excluding carboxylic acids is 1. The molecule has 7 heteroatoms. The quantitative estimate of drug-likeness (QED) is 0.781. The molecule has 1 amide bonds. The lowest BCUT2D eigenvalue weighted by molar-refractivity contribution is -0.122. The van der Waals surface area contributed by atoms with E-state index in [9.17, 15) is 13.6 Å². The van der Waals surface area contributed by atoms with Gasteiger partial charge in [-0.15, -0.1) is 0 Å². The Hall–Kier alpha value is -1.40. The highest BCUT2D eigenvalue weighted by atomic mass is 35.5. The van der Waals surface area contributed by atoms with Crippen molar-refractivity contribution < 1.29 is 18.3 Å². The van der Waals surface area contributed by atoms with E-state index >= 15 is 0 Å². The van der Waals surface area contributed by atoms with Crippen LogP contribution in [-0.4, -0.2) is 25.6 Å². The number of piperidine rings is 1. The van der Waals surface area contributed by atoms with E-state index in [0.717, 1.165) is 25.9 Å². The van der Waals surface area contributed by atoms with Crippen LogP contribution in [0.5, 0.6) is 5.75 Å². The number of hydrogen-bond acceptors (Lipinski definition) is 3. The first-order valence-electron chi connectivity index (χ1n) is 8.16. The van der Waals surface area contributed by atoms with Gasteiger partial charge >= 0.3 is 6.61 Å². The average Bonchev–Trinajstić information content (AvgIpc) is 2.55. The largest absolute Gasteiger partial charge is 0.434 e. The molecule has 0 aromatic heterocycles. The van der Waals surface area contributed by atoms with E-state index in [4.69, 9.17) is 11.6 Å². The summed E-state index contributed by atoms with van der Waals surface area (Å²) in [7, 11) is 0. The number of alkyl halides is 2. The van der Waals surface area contributed by atoms with Crippen LogP contribution in [0.2, 0.25) is 5.02 Å². The van der Waals surface area contributed by atoms with Crippen LogP contribution in [0.3, 0.4) is 0 Å². The minimum Gasteiger partial charge on any atom is -0.434 e. The maximum atomic E-state index is 12.4. The van der Waals surface area contributed by atoms with E-state index in [1.807, 2.05) is 0 Å². The highest BCUT2D eigenvalue weighted by Crippen LogP contribution is 2.25. The van der Waals surface area contributed by atoms with Crippen LogP contribution in [0.15, 0.2) is 18.2 Å². The molecule has 0 bridgehead atoms. The second-order valence-corrected chi connectivity index (χ2v) is 6.63. The first kappa shape index (κ1) is 18.9. The summed E-state index contributed by atoms with van der Waals surface area (Å²) in [5.74, 6) is 0.692. The second-order valence-electron chi connectivity index (χ2n) is 6.20. The third kappa shape index (κ3) is 5.91. The maximum absolute atomic E-state index is 12.4. The fraction of sp³-hybridized carbons (Fsp3) is 0.588. The standard InChI is InChI=1S/C17H23ClF2N2O2/c1-11(12-3-2-6-21-9-12)7-16(23)22-10-13-8-14(18)4-5-15(13)24-17(19)20/h4-5,8,11-12,17,21H,2-3,6-7,9-10H2,1H3,(H,22,23). The number of nitrogens with one attached hydrogen (secondary N) is 2. The lowest BCUT2D eigenvalue weighted by Gasteiger charge is -2.28. The molecule has 1 aromatic carbocycles. The summed E-state index contributed by atoms with van der Waals surface area (Å²) in [5.41, 5.74) is 0.433. The van der Waals surface area contributed by atoms with Gasteiger partial charge in [0, 0.05) is 23.6 Å². The van der Waals surface area contributed by atoms with Gasteiger partial charge in [0.1, 0.15) is 5.75 Å². The highest BCUT2D eigenvalue weighted by Gasteiger charge is 2.22. The topological polar surface area (TPSA) is 50.4 Å². The summed E-state index contributed by atoms with van der Waals surface area (Å²) < 4.78 is 29.3. The van der Waals surface area contributed by atoms with Crippen LogP contribution < -0.4 is 15.4 Å². The molecule has 1 aliphatic rings. The van der Waals surface area contributed by atoms with Crippen molar-refractivity contribution in [3.05, 3.63) is 28.8 Å². The number of benzene rings is 1. The molecule has 134 valence electrons. The van der Waals surface area contributed by atoms with Gasteiger partial charge in [0.25, 0.3) is 0 Å². The number of ether oxygens (including phenoxy) is 1. The molecule has 0 radical (unpaired) electrons. The molecule has 1 saturated heterocycles. The Bertz CT molecular complexity index is 551. The summed E-state index contributed by atoms with van der Waals surface area (Å²) in [4.78, 5) is 12.1. The monoisotopic (exact) mass is 360 g/mol. The normalized spacial score (nSPS) is 19.1. The van der Waals surface area contributed by atoms with Crippen LogP contribution in [0.4, 0.5) is 8.78 Å². The van der Waals surface area contributed by atoms with Crippen molar-refractivity contribution >= 4 is 17.5 Å². The molecule has 2 atom stereocenters. The van der Waals surface area contributed by atoms with E-state index in [1.54, 1.807) is 0 Å². The maximum Gasteiger partial charge on any atom is 0.387 e. The van der Waals surface area contributed by atoms with Crippen molar-refractivity contribution in [3.63, 3.8) is 0 Å². The molecule has 0 saturated carbocycles. The first-order valence-corrected chi connectivity index (χ1v) is 8.54. The Kier molecular flexibility index (Phi) is 7.24. The fourth-order valence-corrected chi connectivity index (χ4v) is 3.18. The van der Waals surface area contributed by atoms with Crippen molar-refractivity contribution in [1.29, 1.82) is 0 Å². The molecule has 1 heterocycles. The molecular formula is C17H23ClF2N2O2. The number of hydrogen-bond donors (Lipinski definition) is 2. The van der Waals surface area contributed by atoms with Crippen LogP contribution in [0.25, 0.3) is 0 Å². The predicted molar refractivity (Wildman–Crippen MR) is 89.3 cm³/mol. The molecule has 0 aliphatic carbocycles. The molecule has 2 unspecified atom stereocenters. The summed E-state index contributed by atoms with van der Waals surface area (Å²) in [6.07, 6.45) is 2.67. The van der Waals surface area contributed by atoms with Gasteiger partial charge in [-0.1, -0.05) is 18.5 Å². The van der Waals surface area contributed by atoms with Crippen molar-refractivity contribution in [3.8, 4) is 5.75 Å². The van der Waals surface area contributed by atoms with Gasteiger partial charge in [0.05, 0.1) is 0 Å². The zero-order chi connectivity index (χ0) is 17.5. The molecule has 2 N–H and O–H groups in total. The molecule has 1 aromatic rings. The molecule has 1 fully saturated rings. The van der Waals surface area contributed by atoms with Crippen molar-refractivity contribution in [2.75, 3.05) is 13.1 Å². The molecule has 24 heavy (non-hydrogen) atoms. The van der Waals surface area contributed by atoms with Gasteiger partial charge < -0.3 is 15.4 Å². The van der Waals surface area contributed by atoms with Crippen LogP contribution in [-0.2, 0) is 11.3 Å². The van der Waals surface area contributed by atoms with Crippen molar-refractivity contribution in [1.82, 2.24) is 10.6 Å². The number of amides is 1. The van der Waals surface area contributed by atoms with Crippen molar-refractivity contribution in [2.24, 2.45) is 11.8 Å². The lowest BCUT2D eigenvalue weighted by Crippen LogP contribution is -2.35. The summed E-state index contributed by atoms with van der Waals surface area (Å²) in [6.45, 7) is 1.24. The Morgan fingerprint density at radius 1 is 1.50 bits per heavy atom. The highest BCUT2D eigenvalue weighted by molar-refractivity contribution is 6.30. The van der Waals surface area contributed by atoms with E-state index in [0.29, 0.717) is 22.9 Å². The minimum absolute atomic E-state index is 0.0271. The fourth-order valence-electron chi connectivity index (χ4n) is 2.99. The summed E-state index contributed by atoms with van der Waals surface area (Å²) in [5, 5.41) is 6.52. The molecular weight excluding hydrogens is 338 g/mol. The van der Waals surface area contributed by atoms with Crippen LogP contribution >= 0.6 is 11.6 Å². The smallest absolute Gasteiger partial charge is 0.387 e. The number of carbonyl (C=O) groups is 1. The van der Waals surface area contributed by atoms with Gasteiger partial charge in [0.2, 0.25) is 5.91 Å². The average molecular weight is 361 g/mol. The minimum atomic E-state index is -2.92. The Morgan fingerprint density at radius 2 is 2.29 bits per heavy atom. The van der Waals surface area contributed by atoms with E-state index in [2.05, 4.69) is 22.3 Å². The zero-order valence-corrected chi connectivity index (χ0v) is 14.4. The summed E-state index contributed by atoms with van der Waals surface area (Å²) >= 11 is 5.89. The summed E-state index contributed by atoms with van der Waals surface area (Å²) in [6, 6.07) is 4.38. The Balaban J connectivity index is 1.87. The first-order chi connectivity index (χ1) is 11.5. The molecule has 2 rings (SSSR count). The zero-order valence-electron chi connectivity index (χ0n) is 13.7. The Morgan fingerprint density at radius 3 is 2.96 bits per heavy atom. The van der Waals surface area contributed by atoms with E-state index in [-0.39, 0.29) is 24.1 Å². The van der Waals surface area contributed by atoms with Gasteiger partial charge in [-0.25, -0.2) is 0 Å². The van der Waals surface area contributed by atoms with Gasteiger partial charge in [0.15, 0.2) is 0 Å². The lowest BCUT2D eigenvalue weighted by atomic mass is 9.85. The molecule has 4 nitrogen and oxygen atoms in total. The third-order valence-corrected chi connectivity index (χ3v) is 4.60. The Labute approximate surface area is 145 Å². The predicted octanol–water partition coefficient (Wildman–Crippen LogP) is 3.58. The van der Waals surface area contributed by atoms with Gasteiger partial charge in [-0.05, 0) is 56.0 Å². The number of rotatable bonds is 7. The third-order valence-electron chi connectivity index (χ3n) is 4.36. The van der Waals surface area contributed by atoms with Crippen LogP contribution in [0.1, 0.15) is 31.7 Å². The van der Waals surface area contributed by atoms with Gasteiger partial charge in [-0.2, -0.15) is 8.78 Å². The van der Waals surface area contributed by atoms with E-state index < -0.39 is 6.61 Å².